The monoisotopic (exact) mass is 475 g/mol. The number of carbonyl (C=O) groups is 1. The summed E-state index contributed by atoms with van der Waals surface area (Å²) in [5.41, 5.74) is -2.46. The van der Waals surface area contributed by atoms with Crippen molar-refractivity contribution in [3.63, 3.8) is 0 Å². The molecule has 3 heterocycles. The predicted molar refractivity (Wildman–Crippen MR) is 106 cm³/mol. The highest BCUT2D eigenvalue weighted by Gasteiger charge is 2.38. The minimum atomic E-state index is -4.89. The van der Waals surface area contributed by atoms with Crippen molar-refractivity contribution in [1.29, 1.82) is 0 Å². The zero-order valence-corrected chi connectivity index (χ0v) is 18.0. The molecule has 1 saturated heterocycles. The summed E-state index contributed by atoms with van der Waals surface area (Å²) in [5, 5.41) is 0. The fraction of sp³-hybridized carbons (Fsp3) is 0.545. The van der Waals surface area contributed by atoms with Gasteiger partial charge in [0.25, 0.3) is 5.91 Å². The number of hydrogen-bond donors (Lipinski definition) is 0. The molecule has 1 aromatic carbocycles. The normalized spacial score (nSPS) is 24.0. The van der Waals surface area contributed by atoms with E-state index in [2.05, 4.69) is 4.98 Å². The lowest BCUT2D eigenvalue weighted by Gasteiger charge is -2.34. The van der Waals surface area contributed by atoms with Crippen molar-refractivity contribution < 1.29 is 35.9 Å². The minimum absolute atomic E-state index is 0.0276. The number of rotatable bonds is 2. The van der Waals surface area contributed by atoms with Gasteiger partial charge in [-0.3, -0.25) is 4.79 Å². The van der Waals surface area contributed by atoms with Crippen LogP contribution in [-0.4, -0.2) is 45.7 Å². The first-order valence-corrected chi connectivity index (χ1v) is 10.6. The number of benzene rings is 1. The highest BCUT2D eigenvalue weighted by Crippen LogP contribution is 2.39. The highest BCUT2D eigenvalue weighted by molar-refractivity contribution is 5.92. The van der Waals surface area contributed by atoms with E-state index in [9.17, 15) is 31.1 Å². The van der Waals surface area contributed by atoms with E-state index in [0.717, 1.165) is 12.1 Å². The molecular formula is C22H23F6N3O2. The number of fused-ring (bicyclic) bond motifs is 1. The maximum Gasteiger partial charge on any atom is 0.416 e. The third-order valence-corrected chi connectivity index (χ3v) is 6.00. The Morgan fingerprint density at radius 2 is 1.55 bits per heavy atom. The van der Waals surface area contributed by atoms with Gasteiger partial charge in [0.05, 0.1) is 23.3 Å². The zero-order chi connectivity index (χ0) is 24.1. The number of morpholine rings is 1. The predicted octanol–water partition coefficient (Wildman–Crippen LogP) is 4.90. The first kappa shape index (κ1) is 23.6. The molecule has 0 radical (unpaired) electrons. The summed E-state index contributed by atoms with van der Waals surface area (Å²) in [5.74, 6) is -0.248. The number of ether oxygens (including phenoxy) is 1. The van der Waals surface area contributed by atoms with Gasteiger partial charge in [-0.2, -0.15) is 26.3 Å². The van der Waals surface area contributed by atoms with Crippen LogP contribution in [-0.2, 0) is 30.1 Å². The Morgan fingerprint density at radius 1 is 0.970 bits per heavy atom. The minimum Gasteiger partial charge on any atom is -0.372 e. The molecule has 4 rings (SSSR count). The van der Waals surface area contributed by atoms with Gasteiger partial charge in [0, 0.05) is 38.2 Å². The van der Waals surface area contributed by atoms with Crippen LogP contribution in [0, 0.1) is 0 Å². The number of halogens is 6. The molecule has 33 heavy (non-hydrogen) atoms. The Morgan fingerprint density at radius 3 is 2.09 bits per heavy atom. The van der Waals surface area contributed by atoms with Crippen LogP contribution < -0.4 is 0 Å². The average Bonchev–Trinajstić information content (AvgIpc) is 3.14. The number of aromatic nitrogens is 2. The van der Waals surface area contributed by atoms with Crippen molar-refractivity contribution in [3.05, 3.63) is 52.6 Å². The summed E-state index contributed by atoms with van der Waals surface area (Å²) in [6, 6.07) is 1.70. The van der Waals surface area contributed by atoms with Gasteiger partial charge in [-0.15, -0.1) is 0 Å². The molecule has 180 valence electrons. The Balaban J connectivity index is 1.59. The Bertz CT molecular complexity index is 1000. The molecule has 1 fully saturated rings. The van der Waals surface area contributed by atoms with E-state index in [4.69, 9.17) is 4.74 Å². The Hall–Kier alpha value is -2.56. The summed E-state index contributed by atoms with van der Waals surface area (Å²) in [6.45, 7) is 4.70. The van der Waals surface area contributed by atoms with E-state index in [1.807, 2.05) is 13.8 Å². The molecule has 0 unspecified atom stereocenters. The number of amides is 1. The lowest BCUT2D eigenvalue weighted by atomic mass is 9.89. The van der Waals surface area contributed by atoms with Crippen LogP contribution in [0.2, 0.25) is 0 Å². The molecule has 2 aliphatic heterocycles. The maximum atomic E-state index is 13.2. The van der Waals surface area contributed by atoms with Crippen LogP contribution in [0.25, 0.3) is 0 Å². The maximum absolute atomic E-state index is 13.2. The van der Waals surface area contributed by atoms with E-state index in [0.29, 0.717) is 31.8 Å². The van der Waals surface area contributed by atoms with Crippen LogP contribution in [0.4, 0.5) is 26.3 Å². The lowest BCUT2D eigenvalue weighted by molar-refractivity contribution is -0.143. The molecular weight excluding hydrogens is 452 g/mol. The molecule has 1 amide bonds. The summed E-state index contributed by atoms with van der Waals surface area (Å²) >= 11 is 0. The van der Waals surface area contributed by atoms with E-state index >= 15 is 0 Å². The number of aryl methyl sites for hydroxylation is 1. The van der Waals surface area contributed by atoms with Crippen LogP contribution in [0.5, 0.6) is 0 Å². The second-order valence-electron chi connectivity index (χ2n) is 8.74. The van der Waals surface area contributed by atoms with Crippen LogP contribution in [0.15, 0.2) is 24.4 Å². The van der Waals surface area contributed by atoms with Crippen molar-refractivity contribution in [2.75, 3.05) is 13.1 Å². The lowest BCUT2D eigenvalue weighted by Crippen LogP contribution is -2.48. The van der Waals surface area contributed by atoms with E-state index in [-0.39, 0.29) is 42.0 Å². The molecule has 3 atom stereocenters. The van der Waals surface area contributed by atoms with Gasteiger partial charge in [0.1, 0.15) is 11.5 Å². The molecule has 5 nitrogen and oxygen atoms in total. The molecule has 2 aromatic rings. The zero-order valence-electron chi connectivity index (χ0n) is 18.0. The van der Waals surface area contributed by atoms with Crippen molar-refractivity contribution in [2.24, 2.45) is 0 Å². The third kappa shape index (κ3) is 5.02. The second-order valence-corrected chi connectivity index (χ2v) is 8.74. The molecule has 11 heteroatoms. The van der Waals surface area contributed by atoms with Crippen LogP contribution in [0.3, 0.4) is 0 Å². The molecule has 0 spiro atoms. The number of imidazole rings is 1. The quantitative estimate of drug-likeness (QED) is 0.581. The Labute approximate surface area is 186 Å². The smallest absolute Gasteiger partial charge is 0.372 e. The van der Waals surface area contributed by atoms with Gasteiger partial charge >= 0.3 is 12.4 Å². The highest BCUT2D eigenvalue weighted by atomic mass is 19.4. The number of carbonyl (C=O) groups excluding carboxylic acids is 1. The summed E-state index contributed by atoms with van der Waals surface area (Å²) in [6.07, 6.45) is -7.83. The molecule has 0 saturated carbocycles. The molecule has 2 aliphatic rings. The summed E-state index contributed by atoms with van der Waals surface area (Å²) in [4.78, 5) is 18.9. The van der Waals surface area contributed by atoms with E-state index in [1.165, 1.54) is 6.20 Å². The van der Waals surface area contributed by atoms with Crippen LogP contribution in [0.1, 0.15) is 59.2 Å². The number of nitrogens with zero attached hydrogens (tertiary/aromatic N) is 3. The van der Waals surface area contributed by atoms with E-state index < -0.39 is 29.4 Å². The fourth-order valence-electron chi connectivity index (χ4n) is 4.54. The standard InChI is InChI=1S/C22H23F6N3O2/c1-12-8-31(9-13(2)33-12)20(32)18-11-30-10-14(3-4-19(30)29-18)15-5-16(21(23,24)25)7-17(6-15)22(26,27)28/h5-7,11-14H,3-4,8-10H2,1-2H3/t12-,13-,14+/m1/s1. The fourth-order valence-corrected chi connectivity index (χ4v) is 4.54. The number of hydrogen-bond acceptors (Lipinski definition) is 3. The molecule has 1 aromatic heterocycles. The van der Waals surface area contributed by atoms with Crippen molar-refractivity contribution in [1.82, 2.24) is 14.5 Å². The first-order valence-electron chi connectivity index (χ1n) is 10.6. The van der Waals surface area contributed by atoms with E-state index in [1.54, 1.807) is 9.47 Å². The van der Waals surface area contributed by atoms with Crippen molar-refractivity contribution >= 4 is 5.91 Å². The largest absolute Gasteiger partial charge is 0.416 e. The van der Waals surface area contributed by atoms with Gasteiger partial charge in [0.2, 0.25) is 0 Å². The Kier molecular flexibility index (Phi) is 5.96. The average molecular weight is 475 g/mol. The van der Waals surface area contributed by atoms with Crippen molar-refractivity contribution in [3.8, 4) is 0 Å². The van der Waals surface area contributed by atoms with Crippen molar-refractivity contribution in [2.45, 2.75) is 63.7 Å². The van der Waals surface area contributed by atoms with Crippen LogP contribution >= 0.6 is 0 Å². The SMILES string of the molecule is C[C@@H]1CN(C(=O)c2cn3c(n2)CC[C@H](c2cc(C(F)(F)F)cc(C(F)(F)F)c2)C3)C[C@@H](C)O1. The third-order valence-electron chi connectivity index (χ3n) is 6.00. The summed E-state index contributed by atoms with van der Waals surface area (Å²) in [7, 11) is 0. The second kappa shape index (κ2) is 8.34. The molecule has 0 aliphatic carbocycles. The van der Waals surface area contributed by atoms with Gasteiger partial charge in [-0.1, -0.05) is 0 Å². The van der Waals surface area contributed by atoms with Gasteiger partial charge in [0.15, 0.2) is 0 Å². The summed E-state index contributed by atoms with van der Waals surface area (Å²) < 4.78 is 86.7. The van der Waals surface area contributed by atoms with Gasteiger partial charge in [-0.05, 0) is 44.0 Å². The van der Waals surface area contributed by atoms with Gasteiger partial charge < -0.3 is 14.2 Å². The molecule has 0 N–H and O–H groups in total. The topological polar surface area (TPSA) is 47.4 Å². The van der Waals surface area contributed by atoms with Gasteiger partial charge in [-0.25, -0.2) is 4.98 Å². The molecule has 0 bridgehead atoms. The first-order chi connectivity index (χ1) is 15.3. The number of alkyl halides is 6.